The van der Waals surface area contributed by atoms with E-state index in [2.05, 4.69) is 4.99 Å². The molecular weight excluding hydrogens is 320 g/mol. The number of ketones is 1. The Bertz CT molecular complexity index is 802. The third kappa shape index (κ3) is 4.08. The fourth-order valence-electron chi connectivity index (χ4n) is 2.14. The first-order valence-electron chi connectivity index (χ1n) is 7.43. The molecule has 1 aliphatic heterocycles. The van der Waals surface area contributed by atoms with E-state index in [1.807, 2.05) is 47.8 Å². The van der Waals surface area contributed by atoms with E-state index in [0.717, 1.165) is 10.4 Å². The van der Waals surface area contributed by atoms with Crippen LogP contribution in [0.5, 0.6) is 0 Å². The predicted molar refractivity (Wildman–Crippen MR) is 97.3 cm³/mol. The summed E-state index contributed by atoms with van der Waals surface area (Å²) >= 11 is 1.44. The summed E-state index contributed by atoms with van der Waals surface area (Å²) in [6.45, 7) is 0.273. The average molecular weight is 336 g/mol. The number of aliphatic hydroxyl groups is 1. The van der Waals surface area contributed by atoms with Crippen LogP contribution in [0.1, 0.15) is 15.2 Å². The molecule has 0 saturated carbocycles. The maximum Gasteiger partial charge on any atom is 0.218 e. The van der Waals surface area contributed by atoms with Crippen LogP contribution in [0.3, 0.4) is 0 Å². The topological polar surface area (TPSA) is 52.9 Å². The number of aliphatic hydroxyl groups excluding tert-OH is 1. The van der Waals surface area contributed by atoms with Crippen LogP contribution in [0.4, 0.5) is 0 Å². The van der Waals surface area contributed by atoms with Crippen molar-refractivity contribution in [3.05, 3.63) is 94.3 Å². The number of aliphatic imine (C=N–C) groups is 1. The van der Waals surface area contributed by atoms with Crippen LogP contribution in [-0.4, -0.2) is 28.5 Å². The smallest absolute Gasteiger partial charge is 0.218 e. The number of carbonyl (C=O) groups is 1. The van der Waals surface area contributed by atoms with Crippen molar-refractivity contribution in [2.24, 2.45) is 4.99 Å². The number of hydrogen-bond donors (Lipinski definition) is 1. The van der Waals surface area contributed by atoms with E-state index in [0.29, 0.717) is 5.57 Å². The average Bonchev–Trinajstić information content (AvgIpc) is 3.16. The van der Waals surface area contributed by atoms with Gasteiger partial charge in [-0.05, 0) is 29.2 Å². The van der Waals surface area contributed by atoms with Crippen molar-refractivity contribution in [1.82, 2.24) is 4.90 Å². The van der Waals surface area contributed by atoms with Crippen LogP contribution in [0.2, 0.25) is 0 Å². The van der Waals surface area contributed by atoms with E-state index in [9.17, 15) is 9.90 Å². The first-order valence-corrected chi connectivity index (χ1v) is 8.31. The number of thiophene rings is 1. The highest BCUT2D eigenvalue weighted by atomic mass is 32.1. The quantitative estimate of drug-likeness (QED) is 0.507. The lowest BCUT2D eigenvalue weighted by Gasteiger charge is -2.17. The molecule has 0 saturated heterocycles. The summed E-state index contributed by atoms with van der Waals surface area (Å²) in [5.41, 5.74) is 1.51. The summed E-state index contributed by atoms with van der Waals surface area (Å²) in [6.07, 6.45) is 8.60. The Morgan fingerprint density at radius 2 is 1.88 bits per heavy atom. The van der Waals surface area contributed by atoms with Crippen LogP contribution in [0.25, 0.3) is 0 Å². The molecule has 3 rings (SSSR count). The molecule has 1 aromatic carbocycles. The molecule has 2 aromatic rings. The minimum atomic E-state index is -0.0596. The minimum absolute atomic E-state index is 0.0596. The van der Waals surface area contributed by atoms with Gasteiger partial charge in [0.15, 0.2) is 5.78 Å². The highest BCUT2D eigenvalue weighted by molar-refractivity contribution is 7.12. The number of carbonyl (C=O) groups excluding carboxylic acids is 1. The highest BCUT2D eigenvalue weighted by Crippen LogP contribution is 2.15. The Kier molecular flexibility index (Phi) is 5.03. The maximum atomic E-state index is 12.1. The van der Waals surface area contributed by atoms with Crippen molar-refractivity contribution in [3.63, 3.8) is 0 Å². The molecule has 1 N–H and O–H groups in total. The Labute approximate surface area is 144 Å². The fraction of sp³-hybridized carbons (Fsp3) is 0.0526. The zero-order valence-corrected chi connectivity index (χ0v) is 13.7. The van der Waals surface area contributed by atoms with E-state index in [1.54, 1.807) is 35.7 Å². The first kappa shape index (κ1) is 16.0. The number of benzene rings is 1. The van der Waals surface area contributed by atoms with Crippen molar-refractivity contribution in [1.29, 1.82) is 0 Å². The van der Waals surface area contributed by atoms with Gasteiger partial charge < -0.3 is 10.0 Å². The Balaban J connectivity index is 1.63. The second-order valence-corrected chi connectivity index (χ2v) is 6.10. The maximum absolute atomic E-state index is 12.1. The summed E-state index contributed by atoms with van der Waals surface area (Å²) in [5.74, 6) is 0.00800. The summed E-state index contributed by atoms with van der Waals surface area (Å²) < 4.78 is 0. The molecule has 0 atom stereocenters. The summed E-state index contributed by atoms with van der Waals surface area (Å²) in [5, 5.41) is 11.9. The standard InChI is InChI=1S/C19H16N2O2S/c22-17(18-7-4-12-24-18)14-21-10-8-16(9-11-21)19(23)20-13-15-5-2-1-3-6-15/h1-13,23H,14H2. The third-order valence-electron chi connectivity index (χ3n) is 3.41. The second kappa shape index (κ2) is 7.57. The van der Waals surface area contributed by atoms with Gasteiger partial charge in [0.05, 0.1) is 11.4 Å². The zero-order chi connectivity index (χ0) is 16.8. The van der Waals surface area contributed by atoms with Gasteiger partial charge in [-0.3, -0.25) is 4.79 Å². The van der Waals surface area contributed by atoms with Gasteiger partial charge >= 0.3 is 0 Å². The van der Waals surface area contributed by atoms with Gasteiger partial charge in [0, 0.05) is 24.2 Å². The largest absolute Gasteiger partial charge is 0.493 e. The number of allylic oxidation sites excluding steroid dienone is 3. The second-order valence-electron chi connectivity index (χ2n) is 5.15. The number of Topliss-reactive ketones (excluding diaryl/α,β-unsaturated/α-hetero) is 1. The van der Waals surface area contributed by atoms with Crippen LogP contribution in [0.15, 0.2) is 88.8 Å². The van der Waals surface area contributed by atoms with Gasteiger partial charge in [-0.25, -0.2) is 4.99 Å². The lowest BCUT2D eigenvalue weighted by atomic mass is 10.2. The first-order chi connectivity index (χ1) is 11.7. The van der Waals surface area contributed by atoms with Crippen LogP contribution < -0.4 is 0 Å². The van der Waals surface area contributed by atoms with Crippen LogP contribution in [0, 0.1) is 0 Å². The molecule has 2 heterocycles. The molecular formula is C19H16N2O2S. The number of rotatable bonds is 5. The van der Waals surface area contributed by atoms with Crippen LogP contribution in [-0.2, 0) is 0 Å². The van der Waals surface area contributed by atoms with Crippen molar-refractivity contribution >= 4 is 23.3 Å². The van der Waals surface area contributed by atoms with Gasteiger partial charge in [0.1, 0.15) is 0 Å². The SMILES string of the molecule is O=C(CN1C=CC(=C(O)N=Cc2ccccc2)C=C1)c1cccs1. The molecule has 24 heavy (non-hydrogen) atoms. The Hall–Kier alpha value is -2.92. The predicted octanol–water partition coefficient (Wildman–Crippen LogP) is 4.16. The molecule has 0 bridgehead atoms. The molecule has 0 aliphatic carbocycles. The van der Waals surface area contributed by atoms with Crippen molar-refractivity contribution < 1.29 is 9.90 Å². The van der Waals surface area contributed by atoms with E-state index >= 15 is 0 Å². The third-order valence-corrected chi connectivity index (χ3v) is 4.32. The normalized spacial score (nSPS) is 13.7. The van der Waals surface area contributed by atoms with Gasteiger partial charge in [0.2, 0.25) is 5.88 Å². The van der Waals surface area contributed by atoms with Gasteiger partial charge in [-0.1, -0.05) is 36.4 Å². The summed E-state index contributed by atoms with van der Waals surface area (Å²) in [7, 11) is 0. The molecule has 120 valence electrons. The molecule has 4 nitrogen and oxygen atoms in total. The molecule has 0 spiro atoms. The zero-order valence-electron chi connectivity index (χ0n) is 12.9. The molecule has 0 fully saturated rings. The van der Waals surface area contributed by atoms with E-state index in [1.165, 1.54) is 11.3 Å². The van der Waals surface area contributed by atoms with Crippen LogP contribution >= 0.6 is 11.3 Å². The lowest BCUT2D eigenvalue weighted by Crippen LogP contribution is -2.20. The summed E-state index contributed by atoms with van der Waals surface area (Å²) in [6, 6.07) is 13.2. The van der Waals surface area contributed by atoms with E-state index < -0.39 is 0 Å². The molecule has 1 aliphatic rings. The molecule has 0 unspecified atom stereocenters. The molecule has 5 heteroatoms. The number of nitrogens with zero attached hydrogens (tertiary/aromatic N) is 2. The van der Waals surface area contributed by atoms with Gasteiger partial charge in [-0.15, -0.1) is 11.3 Å². The fourth-order valence-corrected chi connectivity index (χ4v) is 2.80. The number of hydrogen-bond acceptors (Lipinski definition) is 5. The molecule has 0 amide bonds. The van der Waals surface area contributed by atoms with Crippen molar-refractivity contribution in [2.45, 2.75) is 0 Å². The van der Waals surface area contributed by atoms with E-state index in [-0.39, 0.29) is 18.2 Å². The monoisotopic (exact) mass is 336 g/mol. The Morgan fingerprint density at radius 3 is 2.54 bits per heavy atom. The Morgan fingerprint density at radius 1 is 1.12 bits per heavy atom. The molecule has 1 aromatic heterocycles. The molecule has 0 radical (unpaired) electrons. The lowest BCUT2D eigenvalue weighted by molar-refractivity contribution is 0.0973. The van der Waals surface area contributed by atoms with Gasteiger partial charge in [-0.2, -0.15) is 0 Å². The van der Waals surface area contributed by atoms with Crippen molar-refractivity contribution in [2.75, 3.05) is 6.54 Å². The highest BCUT2D eigenvalue weighted by Gasteiger charge is 2.11. The summed E-state index contributed by atoms with van der Waals surface area (Å²) in [4.78, 5) is 18.7. The van der Waals surface area contributed by atoms with Gasteiger partial charge in [0.25, 0.3) is 0 Å². The van der Waals surface area contributed by atoms with Crippen molar-refractivity contribution in [3.8, 4) is 0 Å². The minimum Gasteiger partial charge on any atom is -0.493 e. The van der Waals surface area contributed by atoms with E-state index in [4.69, 9.17) is 0 Å².